The zero-order valence-electron chi connectivity index (χ0n) is 13.1. The van der Waals surface area contributed by atoms with Crippen LogP contribution in [0.4, 0.5) is 0 Å². The highest BCUT2D eigenvalue weighted by Crippen LogP contribution is 2.13. The number of aryl methyl sites for hydroxylation is 1. The van der Waals surface area contributed by atoms with Gasteiger partial charge in [-0.1, -0.05) is 13.8 Å². The summed E-state index contributed by atoms with van der Waals surface area (Å²) in [7, 11) is -1.83. The fourth-order valence-electron chi connectivity index (χ4n) is 1.71. The molecule has 0 saturated carbocycles. The van der Waals surface area contributed by atoms with Crippen LogP contribution in [0.2, 0.25) is 0 Å². The molecule has 0 aliphatic carbocycles. The molecule has 8 heteroatoms. The molecular weight excluding hydrogens is 308 g/mol. The maximum absolute atomic E-state index is 12.1. The van der Waals surface area contributed by atoms with E-state index in [1.54, 1.807) is 24.6 Å². The zero-order chi connectivity index (χ0) is 15.7. The van der Waals surface area contributed by atoms with Crippen molar-refractivity contribution < 1.29 is 8.42 Å². The molecule has 0 fully saturated rings. The fraction of sp³-hybridized carbons (Fsp3) is 0.769. The maximum atomic E-state index is 12.1. The third-order valence-corrected chi connectivity index (χ3v) is 5.67. The van der Waals surface area contributed by atoms with E-state index in [1.807, 2.05) is 0 Å². The highest BCUT2D eigenvalue weighted by atomic mass is 32.2. The Bertz CT molecular complexity index is 502. The third kappa shape index (κ3) is 6.84. The van der Waals surface area contributed by atoms with E-state index in [-0.39, 0.29) is 6.54 Å². The minimum absolute atomic E-state index is 0.255. The molecule has 1 aromatic rings. The summed E-state index contributed by atoms with van der Waals surface area (Å²) in [6.07, 6.45) is 4.62. The first kappa shape index (κ1) is 18.5. The average Bonchev–Trinajstić information content (AvgIpc) is 2.93. The van der Waals surface area contributed by atoms with E-state index in [9.17, 15) is 8.42 Å². The second-order valence-electron chi connectivity index (χ2n) is 4.83. The molecule has 0 amide bonds. The number of nitrogens with one attached hydrogen (secondary N) is 2. The molecule has 1 heterocycles. The Balaban J connectivity index is 2.34. The lowest BCUT2D eigenvalue weighted by Crippen LogP contribution is -2.39. The Morgan fingerprint density at radius 2 is 2.10 bits per heavy atom. The van der Waals surface area contributed by atoms with Crippen molar-refractivity contribution in [1.82, 2.24) is 19.3 Å². The predicted octanol–water partition coefficient (Wildman–Crippen LogP) is 1.36. The molecule has 0 bridgehead atoms. The van der Waals surface area contributed by atoms with Gasteiger partial charge in [0.05, 0.1) is 6.54 Å². The van der Waals surface area contributed by atoms with Gasteiger partial charge in [0.15, 0.2) is 0 Å². The predicted molar refractivity (Wildman–Crippen MR) is 87.7 cm³/mol. The first-order valence-electron chi connectivity index (χ1n) is 7.34. The van der Waals surface area contributed by atoms with Crippen molar-refractivity contribution in [2.75, 3.05) is 26.7 Å². The van der Waals surface area contributed by atoms with Crippen LogP contribution in [0.15, 0.2) is 6.20 Å². The molecular formula is C13H26N4O2S2. The highest BCUT2D eigenvalue weighted by Gasteiger charge is 2.17. The van der Waals surface area contributed by atoms with Crippen molar-refractivity contribution in [3.05, 3.63) is 16.1 Å². The highest BCUT2D eigenvalue weighted by molar-refractivity contribution is 7.87. The van der Waals surface area contributed by atoms with E-state index < -0.39 is 10.2 Å². The molecule has 0 aliphatic rings. The van der Waals surface area contributed by atoms with Gasteiger partial charge >= 0.3 is 0 Å². The Hall–Kier alpha value is -0.540. The van der Waals surface area contributed by atoms with Gasteiger partial charge in [-0.05, 0) is 32.4 Å². The van der Waals surface area contributed by atoms with Gasteiger partial charge in [-0.3, -0.25) is 0 Å². The molecule has 0 atom stereocenters. The summed E-state index contributed by atoms with van der Waals surface area (Å²) in [4.78, 5) is 5.37. The van der Waals surface area contributed by atoms with Crippen LogP contribution in [0.5, 0.6) is 0 Å². The largest absolute Gasteiger partial charge is 0.317 e. The van der Waals surface area contributed by atoms with E-state index in [0.29, 0.717) is 6.54 Å². The molecule has 0 unspecified atom stereocenters. The van der Waals surface area contributed by atoms with E-state index in [2.05, 4.69) is 28.9 Å². The quantitative estimate of drug-likeness (QED) is 0.599. The third-order valence-electron chi connectivity index (χ3n) is 3.02. The molecule has 2 N–H and O–H groups in total. The van der Waals surface area contributed by atoms with Crippen LogP contribution in [-0.2, 0) is 23.2 Å². The molecule has 0 saturated heterocycles. The molecule has 0 aromatic carbocycles. The topological polar surface area (TPSA) is 74.3 Å². The van der Waals surface area contributed by atoms with Crippen LogP contribution >= 0.6 is 11.3 Å². The van der Waals surface area contributed by atoms with Crippen molar-refractivity contribution in [3.63, 3.8) is 0 Å². The minimum Gasteiger partial charge on any atom is -0.317 e. The number of thiazole rings is 1. The van der Waals surface area contributed by atoms with Gasteiger partial charge in [0.1, 0.15) is 5.01 Å². The maximum Gasteiger partial charge on any atom is 0.279 e. The van der Waals surface area contributed by atoms with Gasteiger partial charge in [-0.15, -0.1) is 11.3 Å². The second-order valence-corrected chi connectivity index (χ2v) is 7.89. The number of rotatable bonds is 11. The van der Waals surface area contributed by atoms with E-state index in [1.165, 1.54) is 9.18 Å². The number of nitrogens with zero attached hydrogens (tertiary/aromatic N) is 2. The second kappa shape index (κ2) is 9.47. The van der Waals surface area contributed by atoms with Crippen molar-refractivity contribution >= 4 is 21.5 Å². The number of hydrogen-bond acceptors (Lipinski definition) is 5. The Morgan fingerprint density at radius 1 is 1.33 bits per heavy atom. The van der Waals surface area contributed by atoms with Gasteiger partial charge < -0.3 is 5.32 Å². The van der Waals surface area contributed by atoms with Crippen LogP contribution in [0.25, 0.3) is 0 Å². The van der Waals surface area contributed by atoms with E-state index >= 15 is 0 Å². The molecule has 0 spiro atoms. The Morgan fingerprint density at radius 3 is 2.71 bits per heavy atom. The minimum atomic E-state index is -3.43. The summed E-state index contributed by atoms with van der Waals surface area (Å²) in [5, 5.41) is 4.06. The normalized spacial score (nSPS) is 12.2. The fourth-order valence-corrected chi connectivity index (χ4v) is 3.51. The van der Waals surface area contributed by atoms with Crippen molar-refractivity contribution in [3.8, 4) is 0 Å². The lowest BCUT2D eigenvalue weighted by molar-refractivity contribution is 0.444. The van der Waals surface area contributed by atoms with Crippen molar-refractivity contribution in [2.45, 2.75) is 39.7 Å². The van der Waals surface area contributed by atoms with Gasteiger partial charge in [-0.25, -0.2) is 4.98 Å². The van der Waals surface area contributed by atoms with Crippen LogP contribution in [0.1, 0.15) is 36.6 Å². The molecule has 0 radical (unpaired) electrons. The summed E-state index contributed by atoms with van der Waals surface area (Å²) in [6, 6.07) is 0. The lowest BCUT2D eigenvalue weighted by atomic mass is 10.4. The first-order chi connectivity index (χ1) is 9.99. The van der Waals surface area contributed by atoms with Crippen LogP contribution in [0.3, 0.4) is 0 Å². The summed E-state index contributed by atoms with van der Waals surface area (Å²) in [5.41, 5.74) is 0. The summed E-state index contributed by atoms with van der Waals surface area (Å²) < 4.78 is 28.1. The van der Waals surface area contributed by atoms with Gasteiger partial charge in [0.2, 0.25) is 0 Å². The standard InChI is InChI=1S/C13H26N4O2S2/c1-4-7-14-8-6-9-17(3)21(18,19)16-11-13-15-10-12(5-2)20-13/h10,14,16H,4-9,11H2,1-3H3. The van der Waals surface area contributed by atoms with E-state index in [0.717, 1.165) is 37.4 Å². The molecule has 122 valence electrons. The zero-order valence-corrected chi connectivity index (χ0v) is 14.7. The summed E-state index contributed by atoms with van der Waals surface area (Å²) >= 11 is 1.55. The van der Waals surface area contributed by atoms with Gasteiger partial charge in [-0.2, -0.15) is 17.4 Å². The molecule has 1 aromatic heterocycles. The van der Waals surface area contributed by atoms with Crippen LogP contribution in [-0.4, -0.2) is 44.4 Å². The Labute approximate surface area is 132 Å². The number of aromatic nitrogens is 1. The van der Waals surface area contributed by atoms with Crippen molar-refractivity contribution in [2.24, 2.45) is 0 Å². The first-order valence-corrected chi connectivity index (χ1v) is 9.60. The monoisotopic (exact) mass is 334 g/mol. The summed E-state index contributed by atoms with van der Waals surface area (Å²) in [5.74, 6) is 0. The molecule has 1 rings (SSSR count). The summed E-state index contributed by atoms with van der Waals surface area (Å²) in [6.45, 7) is 6.73. The molecule has 0 aliphatic heterocycles. The van der Waals surface area contributed by atoms with Gasteiger partial charge in [0, 0.05) is 24.7 Å². The van der Waals surface area contributed by atoms with Gasteiger partial charge in [0.25, 0.3) is 10.2 Å². The van der Waals surface area contributed by atoms with Crippen molar-refractivity contribution in [1.29, 1.82) is 0 Å². The van der Waals surface area contributed by atoms with Crippen LogP contribution in [0, 0.1) is 0 Å². The lowest BCUT2D eigenvalue weighted by Gasteiger charge is -2.17. The molecule has 6 nitrogen and oxygen atoms in total. The average molecular weight is 335 g/mol. The Kier molecular flexibility index (Phi) is 8.35. The molecule has 21 heavy (non-hydrogen) atoms. The van der Waals surface area contributed by atoms with Crippen LogP contribution < -0.4 is 10.0 Å². The van der Waals surface area contributed by atoms with E-state index in [4.69, 9.17) is 0 Å². The smallest absolute Gasteiger partial charge is 0.279 e. The number of hydrogen-bond donors (Lipinski definition) is 2. The SMILES string of the molecule is CCCNCCCN(C)S(=O)(=O)NCc1ncc(CC)s1.